The smallest absolute Gasteiger partial charge is 0.161 e. The van der Waals surface area contributed by atoms with Gasteiger partial charge in [0, 0.05) is 17.0 Å². The van der Waals surface area contributed by atoms with Crippen LogP contribution in [0.25, 0.3) is 11.4 Å². The molecule has 0 spiro atoms. The van der Waals surface area contributed by atoms with Crippen LogP contribution in [0.4, 0.5) is 5.82 Å². The zero-order valence-electron chi connectivity index (χ0n) is 12.6. The van der Waals surface area contributed by atoms with E-state index < -0.39 is 0 Å². The number of aryl methyl sites for hydroxylation is 1. The van der Waals surface area contributed by atoms with Gasteiger partial charge in [-0.05, 0) is 47.2 Å². The third kappa shape index (κ3) is 3.98. The van der Waals surface area contributed by atoms with Crippen LogP contribution in [-0.4, -0.2) is 22.8 Å². The van der Waals surface area contributed by atoms with Gasteiger partial charge in [0.1, 0.15) is 5.82 Å². The van der Waals surface area contributed by atoms with Crippen molar-refractivity contribution in [3.8, 4) is 11.4 Å². The van der Waals surface area contributed by atoms with Gasteiger partial charge >= 0.3 is 0 Å². The van der Waals surface area contributed by atoms with Crippen LogP contribution in [0.15, 0.2) is 33.6 Å². The van der Waals surface area contributed by atoms with Crippen LogP contribution in [0.2, 0.25) is 0 Å². The molecule has 21 heavy (non-hydrogen) atoms. The summed E-state index contributed by atoms with van der Waals surface area (Å²) in [6.07, 6.45) is 4.02. The Morgan fingerprint density at radius 1 is 1.14 bits per heavy atom. The third-order valence-corrected chi connectivity index (χ3v) is 4.72. The second-order valence-electron chi connectivity index (χ2n) is 4.67. The number of thioether (sulfide) groups is 1. The van der Waals surface area contributed by atoms with Crippen LogP contribution in [0.1, 0.15) is 26.0 Å². The molecule has 1 aromatic heterocycles. The van der Waals surface area contributed by atoms with E-state index in [2.05, 4.69) is 75.6 Å². The summed E-state index contributed by atoms with van der Waals surface area (Å²) in [4.78, 5) is 10.6. The molecule has 0 saturated carbocycles. The van der Waals surface area contributed by atoms with Crippen molar-refractivity contribution in [2.45, 2.75) is 31.6 Å². The number of aromatic nitrogens is 2. The third-order valence-electron chi connectivity index (χ3n) is 3.15. The molecule has 0 bridgehead atoms. The molecule has 5 heteroatoms. The first-order valence-electron chi connectivity index (χ1n) is 7.14. The molecule has 0 aliphatic rings. The van der Waals surface area contributed by atoms with E-state index in [4.69, 9.17) is 0 Å². The van der Waals surface area contributed by atoms with Crippen molar-refractivity contribution >= 4 is 33.5 Å². The minimum Gasteiger partial charge on any atom is -0.369 e. The molecule has 1 N–H and O–H groups in total. The Bertz CT molecular complexity index is 599. The molecule has 0 saturated heterocycles. The van der Waals surface area contributed by atoms with Gasteiger partial charge in [-0.15, -0.1) is 11.8 Å². The van der Waals surface area contributed by atoms with E-state index in [1.54, 1.807) is 11.8 Å². The largest absolute Gasteiger partial charge is 0.369 e. The summed E-state index contributed by atoms with van der Waals surface area (Å²) < 4.78 is 0.975. The molecule has 0 aliphatic heterocycles. The van der Waals surface area contributed by atoms with Crippen molar-refractivity contribution in [2.75, 3.05) is 18.1 Å². The minimum atomic E-state index is 0.779. The molecule has 0 radical (unpaired) electrons. The summed E-state index contributed by atoms with van der Waals surface area (Å²) >= 11 is 5.35. The van der Waals surface area contributed by atoms with Gasteiger partial charge in [-0.1, -0.05) is 26.0 Å². The Morgan fingerprint density at radius 3 is 2.43 bits per heavy atom. The standard InChI is InChI=1S/C16H20BrN3S/c1-4-10-18-16-14(17)13(5-2)19-15(20-16)11-6-8-12(21-3)9-7-11/h6-9H,4-5,10H2,1-3H3,(H,18,19,20). The monoisotopic (exact) mass is 365 g/mol. The van der Waals surface area contributed by atoms with Crippen molar-refractivity contribution in [3.05, 3.63) is 34.4 Å². The highest BCUT2D eigenvalue weighted by Crippen LogP contribution is 2.28. The Kier molecular flexibility index (Phi) is 6.06. The van der Waals surface area contributed by atoms with E-state index in [0.717, 1.165) is 46.8 Å². The maximum atomic E-state index is 4.68. The molecule has 0 aliphatic carbocycles. The number of hydrogen-bond donors (Lipinski definition) is 1. The lowest BCUT2D eigenvalue weighted by molar-refractivity contribution is 0.944. The molecule has 1 heterocycles. The number of nitrogens with zero attached hydrogens (tertiary/aromatic N) is 2. The van der Waals surface area contributed by atoms with E-state index in [1.807, 2.05) is 0 Å². The average molecular weight is 366 g/mol. The second-order valence-corrected chi connectivity index (χ2v) is 6.34. The molecule has 112 valence electrons. The number of benzene rings is 1. The van der Waals surface area contributed by atoms with Crippen LogP contribution < -0.4 is 5.32 Å². The predicted octanol–water partition coefficient (Wildman–Crippen LogP) is 5.01. The van der Waals surface area contributed by atoms with Crippen LogP contribution in [0, 0.1) is 0 Å². The molecule has 2 aromatic rings. The van der Waals surface area contributed by atoms with E-state index in [-0.39, 0.29) is 0 Å². The van der Waals surface area contributed by atoms with Crippen molar-refractivity contribution in [1.29, 1.82) is 0 Å². The predicted molar refractivity (Wildman–Crippen MR) is 95.1 cm³/mol. The number of rotatable bonds is 6. The number of nitrogens with one attached hydrogen (secondary N) is 1. The van der Waals surface area contributed by atoms with Crippen molar-refractivity contribution < 1.29 is 0 Å². The van der Waals surface area contributed by atoms with Crippen molar-refractivity contribution in [3.63, 3.8) is 0 Å². The number of hydrogen-bond acceptors (Lipinski definition) is 4. The van der Waals surface area contributed by atoms with Gasteiger partial charge in [-0.25, -0.2) is 9.97 Å². The maximum absolute atomic E-state index is 4.68. The SMILES string of the molecule is CCCNc1nc(-c2ccc(SC)cc2)nc(CC)c1Br. The quantitative estimate of drug-likeness (QED) is 0.729. The van der Waals surface area contributed by atoms with Gasteiger partial charge in [-0.3, -0.25) is 0 Å². The molecule has 0 unspecified atom stereocenters. The van der Waals surface area contributed by atoms with Gasteiger partial charge in [0.25, 0.3) is 0 Å². The maximum Gasteiger partial charge on any atom is 0.161 e. The zero-order chi connectivity index (χ0) is 15.2. The molecule has 2 rings (SSSR count). The highest BCUT2D eigenvalue weighted by atomic mass is 79.9. The molecule has 3 nitrogen and oxygen atoms in total. The fourth-order valence-corrected chi connectivity index (χ4v) is 2.96. The van der Waals surface area contributed by atoms with Crippen molar-refractivity contribution in [2.24, 2.45) is 0 Å². The van der Waals surface area contributed by atoms with E-state index >= 15 is 0 Å². The number of halogens is 1. The number of anilines is 1. The Hall–Kier alpha value is -1.07. The highest BCUT2D eigenvalue weighted by Gasteiger charge is 2.12. The van der Waals surface area contributed by atoms with Gasteiger partial charge in [0.2, 0.25) is 0 Å². The first-order chi connectivity index (χ1) is 10.2. The summed E-state index contributed by atoms with van der Waals surface area (Å²) in [6, 6.07) is 8.38. The zero-order valence-corrected chi connectivity index (χ0v) is 15.0. The molecular formula is C16H20BrN3S. The van der Waals surface area contributed by atoms with Crippen LogP contribution in [0.5, 0.6) is 0 Å². The average Bonchev–Trinajstić information content (AvgIpc) is 2.54. The summed E-state index contributed by atoms with van der Waals surface area (Å²) in [5.74, 6) is 1.66. The second kappa shape index (κ2) is 7.80. The van der Waals surface area contributed by atoms with Gasteiger partial charge in [0.15, 0.2) is 5.82 Å². The first-order valence-corrected chi connectivity index (χ1v) is 9.16. The van der Waals surface area contributed by atoms with Crippen LogP contribution in [0.3, 0.4) is 0 Å². The summed E-state index contributed by atoms with van der Waals surface area (Å²) in [5.41, 5.74) is 2.09. The summed E-state index contributed by atoms with van der Waals surface area (Å²) in [6.45, 7) is 5.16. The summed E-state index contributed by atoms with van der Waals surface area (Å²) in [5, 5.41) is 3.37. The molecule has 0 atom stereocenters. The molecular weight excluding hydrogens is 346 g/mol. The van der Waals surface area contributed by atoms with Crippen LogP contribution in [-0.2, 0) is 6.42 Å². The van der Waals surface area contributed by atoms with Crippen LogP contribution >= 0.6 is 27.7 Å². The van der Waals surface area contributed by atoms with E-state index in [9.17, 15) is 0 Å². The Labute approximate surface area is 139 Å². The van der Waals surface area contributed by atoms with Crippen molar-refractivity contribution in [1.82, 2.24) is 9.97 Å². The summed E-state index contributed by atoms with van der Waals surface area (Å²) in [7, 11) is 0. The molecule has 0 amide bonds. The first kappa shape index (κ1) is 16.3. The topological polar surface area (TPSA) is 37.8 Å². The lowest BCUT2D eigenvalue weighted by Crippen LogP contribution is -2.07. The fourth-order valence-electron chi connectivity index (χ4n) is 1.96. The molecule has 0 fully saturated rings. The normalized spacial score (nSPS) is 10.7. The lowest BCUT2D eigenvalue weighted by Gasteiger charge is -2.12. The lowest BCUT2D eigenvalue weighted by atomic mass is 10.2. The van der Waals surface area contributed by atoms with E-state index in [0.29, 0.717) is 0 Å². The Morgan fingerprint density at radius 2 is 1.86 bits per heavy atom. The highest BCUT2D eigenvalue weighted by molar-refractivity contribution is 9.10. The fraction of sp³-hybridized carbons (Fsp3) is 0.375. The Balaban J connectivity index is 2.41. The van der Waals surface area contributed by atoms with E-state index in [1.165, 1.54) is 4.90 Å². The van der Waals surface area contributed by atoms with Gasteiger partial charge in [0.05, 0.1) is 10.2 Å². The minimum absolute atomic E-state index is 0.779. The van der Waals surface area contributed by atoms with Gasteiger partial charge < -0.3 is 5.32 Å². The molecule has 1 aromatic carbocycles. The van der Waals surface area contributed by atoms with Gasteiger partial charge in [-0.2, -0.15) is 0 Å².